The molecule has 0 saturated heterocycles. The van der Waals surface area contributed by atoms with E-state index < -0.39 is 0 Å². The van der Waals surface area contributed by atoms with Gasteiger partial charge < -0.3 is 9.47 Å². The highest BCUT2D eigenvalue weighted by molar-refractivity contribution is 5.91. The summed E-state index contributed by atoms with van der Waals surface area (Å²) in [5, 5.41) is 0. The SMILES string of the molecule is CCCCCCOCc1ccc(-c2ccc(OC(=O)c3ccc(CCCCCC)cc3)cc2)nc1. The topological polar surface area (TPSA) is 48.4 Å². The van der Waals surface area contributed by atoms with E-state index in [-0.39, 0.29) is 5.97 Å². The quantitative estimate of drug-likeness (QED) is 0.127. The molecular weight excluding hydrogens is 434 g/mol. The average Bonchev–Trinajstić information content (AvgIpc) is 2.90. The highest BCUT2D eigenvalue weighted by Crippen LogP contribution is 2.22. The molecule has 0 aliphatic heterocycles. The summed E-state index contributed by atoms with van der Waals surface area (Å²) in [5.74, 6) is 0.183. The lowest BCUT2D eigenvalue weighted by Gasteiger charge is -2.08. The molecule has 0 aliphatic rings. The summed E-state index contributed by atoms with van der Waals surface area (Å²) in [6, 6.07) is 19.3. The highest BCUT2D eigenvalue weighted by atomic mass is 16.5. The van der Waals surface area contributed by atoms with Crippen molar-refractivity contribution >= 4 is 5.97 Å². The van der Waals surface area contributed by atoms with E-state index in [9.17, 15) is 4.79 Å². The van der Waals surface area contributed by atoms with E-state index in [2.05, 4.69) is 24.9 Å². The van der Waals surface area contributed by atoms with Gasteiger partial charge in [-0.15, -0.1) is 0 Å². The number of benzene rings is 2. The number of nitrogens with zero attached hydrogens (tertiary/aromatic N) is 1. The number of rotatable bonds is 15. The van der Waals surface area contributed by atoms with Gasteiger partial charge in [0.05, 0.1) is 17.9 Å². The van der Waals surface area contributed by atoms with Crippen LogP contribution in [0.1, 0.15) is 86.7 Å². The molecule has 4 heteroatoms. The molecule has 1 aromatic heterocycles. The van der Waals surface area contributed by atoms with Crippen molar-refractivity contribution in [1.29, 1.82) is 0 Å². The van der Waals surface area contributed by atoms with E-state index in [0.29, 0.717) is 17.9 Å². The van der Waals surface area contributed by atoms with Crippen LogP contribution in [0, 0.1) is 0 Å². The second kappa shape index (κ2) is 15.1. The van der Waals surface area contributed by atoms with Crippen LogP contribution < -0.4 is 4.74 Å². The van der Waals surface area contributed by atoms with E-state index in [1.54, 1.807) is 0 Å². The van der Waals surface area contributed by atoms with Crippen molar-refractivity contribution in [1.82, 2.24) is 4.98 Å². The summed E-state index contributed by atoms with van der Waals surface area (Å²) in [5.41, 5.74) is 4.76. The third kappa shape index (κ3) is 9.29. The number of aromatic nitrogens is 1. The van der Waals surface area contributed by atoms with Crippen molar-refractivity contribution < 1.29 is 14.3 Å². The number of hydrogen-bond donors (Lipinski definition) is 0. The van der Waals surface area contributed by atoms with Gasteiger partial charge in [-0.2, -0.15) is 0 Å². The Bertz CT molecular complexity index is 995. The van der Waals surface area contributed by atoms with Gasteiger partial charge in [0, 0.05) is 18.4 Å². The van der Waals surface area contributed by atoms with Gasteiger partial charge in [0.1, 0.15) is 5.75 Å². The molecule has 0 aliphatic carbocycles. The number of aryl methyl sites for hydroxylation is 1. The van der Waals surface area contributed by atoms with Crippen molar-refractivity contribution in [2.45, 2.75) is 78.2 Å². The minimum absolute atomic E-state index is 0.340. The molecule has 1 heterocycles. The summed E-state index contributed by atoms with van der Waals surface area (Å²) in [4.78, 5) is 17.1. The third-order valence-corrected chi connectivity index (χ3v) is 6.10. The Morgan fingerprint density at radius 2 is 1.43 bits per heavy atom. The van der Waals surface area contributed by atoms with E-state index >= 15 is 0 Å². The van der Waals surface area contributed by atoms with Crippen LogP contribution in [-0.4, -0.2) is 17.6 Å². The first-order valence-electron chi connectivity index (χ1n) is 13.1. The molecule has 0 spiro atoms. The van der Waals surface area contributed by atoms with E-state index in [1.807, 2.05) is 60.8 Å². The van der Waals surface area contributed by atoms with Crippen molar-refractivity contribution in [3.05, 3.63) is 83.6 Å². The van der Waals surface area contributed by atoms with Crippen LogP contribution in [0.25, 0.3) is 11.3 Å². The van der Waals surface area contributed by atoms with Crippen molar-refractivity contribution in [2.75, 3.05) is 6.61 Å². The molecule has 35 heavy (non-hydrogen) atoms. The van der Waals surface area contributed by atoms with Gasteiger partial charge in [0.15, 0.2) is 0 Å². The summed E-state index contributed by atoms with van der Waals surface area (Å²) in [6.07, 6.45) is 12.7. The summed E-state index contributed by atoms with van der Waals surface area (Å²) in [6.45, 7) is 5.82. The van der Waals surface area contributed by atoms with Crippen LogP contribution in [0.15, 0.2) is 66.9 Å². The maximum Gasteiger partial charge on any atom is 0.343 e. The number of ether oxygens (including phenoxy) is 2. The lowest BCUT2D eigenvalue weighted by molar-refractivity contribution is 0.0734. The van der Waals surface area contributed by atoms with Gasteiger partial charge in [-0.25, -0.2) is 4.79 Å². The van der Waals surface area contributed by atoms with Gasteiger partial charge >= 0.3 is 5.97 Å². The van der Waals surface area contributed by atoms with Crippen molar-refractivity contribution in [3.8, 4) is 17.0 Å². The Morgan fingerprint density at radius 3 is 2.09 bits per heavy atom. The molecule has 3 rings (SSSR count). The lowest BCUT2D eigenvalue weighted by Crippen LogP contribution is -2.08. The van der Waals surface area contributed by atoms with Gasteiger partial charge in [-0.3, -0.25) is 4.98 Å². The number of hydrogen-bond acceptors (Lipinski definition) is 4. The fourth-order valence-electron chi connectivity index (χ4n) is 3.92. The summed E-state index contributed by atoms with van der Waals surface area (Å²) < 4.78 is 11.3. The fraction of sp³-hybridized carbons (Fsp3) is 0.419. The molecule has 186 valence electrons. The summed E-state index contributed by atoms with van der Waals surface area (Å²) in [7, 11) is 0. The minimum atomic E-state index is -0.340. The Morgan fingerprint density at radius 1 is 0.743 bits per heavy atom. The largest absolute Gasteiger partial charge is 0.423 e. The monoisotopic (exact) mass is 473 g/mol. The molecular formula is C31H39NO3. The zero-order valence-corrected chi connectivity index (χ0v) is 21.3. The lowest BCUT2D eigenvalue weighted by atomic mass is 10.0. The smallest absolute Gasteiger partial charge is 0.343 e. The normalized spacial score (nSPS) is 10.9. The molecule has 0 saturated carbocycles. The zero-order valence-electron chi connectivity index (χ0n) is 21.3. The van der Waals surface area contributed by atoms with Gasteiger partial charge in [-0.1, -0.05) is 70.6 Å². The predicted octanol–water partition coefficient (Wildman–Crippen LogP) is 8.19. The Labute approximate surface area is 210 Å². The van der Waals surface area contributed by atoms with Crippen LogP contribution in [0.2, 0.25) is 0 Å². The maximum atomic E-state index is 12.5. The molecule has 0 atom stereocenters. The van der Waals surface area contributed by atoms with E-state index in [0.717, 1.165) is 36.3 Å². The number of pyridine rings is 1. The van der Waals surface area contributed by atoms with Crippen LogP contribution in [-0.2, 0) is 17.8 Å². The van der Waals surface area contributed by atoms with Crippen LogP contribution in [0.5, 0.6) is 5.75 Å². The average molecular weight is 474 g/mol. The Kier molecular flexibility index (Phi) is 11.5. The number of carbonyl (C=O) groups is 1. The number of esters is 1. The predicted molar refractivity (Wildman–Crippen MR) is 143 cm³/mol. The van der Waals surface area contributed by atoms with Crippen LogP contribution in [0.3, 0.4) is 0 Å². The van der Waals surface area contributed by atoms with Crippen molar-refractivity contribution in [2.24, 2.45) is 0 Å². The Hall–Kier alpha value is -2.98. The molecule has 4 nitrogen and oxygen atoms in total. The Balaban J connectivity index is 1.46. The second-order valence-corrected chi connectivity index (χ2v) is 9.09. The molecule has 3 aromatic rings. The van der Waals surface area contributed by atoms with Crippen LogP contribution >= 0.6 is 0 Å². The molecule has 0 N–H and O–H groups in total. The molecule has 0 fully saturated rings. The second-order valence-electron chi connectivity index (χ2n) is 9.09. The standard InChI is InChI=1S/C31H39NO3/c1-3-5-7-9-11-25-12-15-28(16-13-25)31(33)35-29-19-17-27(18-20-29)30-21-14-26(23-32-30)24-34-22-10-8-6-4-2/h12-21,23H,3-11,22,24H2,1-2H3. The first kappa shape index (κ1) is 26.6. The third-order valence-electron chi connectivity index (χ3n) is 6.10. The summed E-state index contributed by atoms with van der Waals surface area (Å²) >= 11 is 0. The van der Waals surface area contributed by atoms with Gasteiger partial charge in [-0.05, 0) is 72.9 Å². The molecule has 0 radical (unpaired) electrons. The first-order chi connectivity index (χ1) is 17.2. The molecule has 0 amide bonds. The molecule has 2 aromatic carbocycles. The maximum absolute atomic E-state index is 12.5. The number of carbonyl (C=O) groups excluding carboxylic acids is 1. The van der Waals surface area contributed by atoms with E-state index in [4.69, 9.17) is 9.47 Å². The first-order valence-corrected chi connectivity index (χ1v) is 13.1. The van der Waals surface area contributed by atoms with E-state index in [1.165, 1.54) is 50.5 Å². The molecule has 0 bridgehead atoms. The zero-order chi connectivity index (χ0) is 24.7. The molecule has 0 unspecified atom stereocenters. The van der Waals surface area contributed by atoms with Crippen molar-refractivity contribution in [3.63, 3.8) is 0 Å². The van der Waals surface area contributed by atoms with Gasteiger partial charge in [0.25, 0.3) is 0 Å². The number of unbranched alkanes of at least 4 members (excludes halogenated alkanes) is 6. The minimum Gasteiger partial charge on any atom is -0.423 e. The fourth-order valence-corrected chi connectivity index (χ4v) is 3.92. The van der Waals surface area contributed by atoms with Gasteiger partial charge in [0.2, 0.25) is 0 Å². The van der Waals surface area contributed by atoms with Crippen LogP contribution in [0.4, 0.5) is 0 Å². The highest BCUT2D eigenvalue weighted by Gasteiger charge is 2.09.